The zero-order valence-electron chi connectivity index (χ0n) is 10.3. The molecule has 1 rings (SSSR count). The minimum Gasteiger partial charge on any atom is -0.396 e. The van der Waals surface area contributed by atoms with Crippen LogP contribution in [0.15, 0.2) is 35.3 Å². The summed E-state index contributed by atoms with van der Waals surface area (Å²) in [5.74, 6) is 0.977. The van der Waals surface area contributed by atoms with E-state index < -0.39 is 8.24 Å². The molecular formula is C12H21N3Si. The lowest BCUT2D eigenvalue weighted by molar-refractivity contribution is 0.968. The number of benzene rings is 1. The molecule has 0 radical (unpaired) electrons. The van der Waals surface area contributed by atoms with Crippen LogP contribution in [0.1, 0.15) is 5.56 Å². The van der Waals surface area contributed by atoms with Crippen molar-refractivity contribution in [1.29, 1.82) is 0 Å². The first kappa shape index (κ1) is 12.9. The van der Waals surface area contributed by atoms with Gasteiger partial charge in [-0.05, 0) is 0 Å². The van der Waals surface area contributed by atoms with E-state index in [1.165, 1.54) is 0 Å². The second-order valence-electron chi connectivity index (χ2n) is 4.76. The standard InChI is InChI=1S/C12H21N3Si/c1-16(2,3)15-12(14-10-9-13)11-7-5-4-6-8-11/h4-8H,9-10,13H2,1-3H3,(H,14,15). The van der Waals surface area contributed by atoms with Crippen molar-refractivity contribution in [3.8, 4) is 0 Å². The number of hydrogen-bond acceptors (Lipinski definition) is 2. The van der Waals surface area contributed by atoms with Gasteiger partial charge in [0.2, 0.25) is 0 Å². The number of hydrogen-bond donors (Lipinski definition) is 2. The molecule has 88 valence electrons. The van der Waals surface area contributed by atoms with Crippen molar-refractivity contribution in [2.45, 2.75) is 19.6 Å². The summed E-state index contributed by atoms with van der Waals surface area (Å²) in [7, 11) is -1.37. The molecule has 3 nitrogen and oxygen atoms in total. The van der Waals surface area contributed by atoms with E-state index in [1.54, 1.807) is 0 Å². The molecule has 0 bridgehead atoms. The predicted molar refractivity (Wildman–Crippen MR) is 73.4 cm³/mol. The van der Waals surface area contributed by atoms with E-state index in [9.17, 15) is 0 Å². The second kappa shape index (κ2) is 5.82. The van der Waals surface area contributed by atoms with E-state index in [0.29, 0.717) is 13.1 Å². The third-order valence-corrected chi connectivity index (χ3v) is 2.93. The molecule has 0 aliphatic rings. The van der Waals surface area contributed by atoms with E-state index in [4.69, 9.17) is 5.73 Å². The highest BCUT2D eigenvalue weighted by atomic mass is 28.3. The lowest BCUT2D eigenvalue weighted by atomic mass is 10.2. The van der Waals surface area contributed by atoms with E-state index >= 15 is 0 Å². The molecule has 1 aromatic carbocycles. The van der Waals surface area contributed by atoms with E-state index in [1.807, 2.05) is 18.2 Å². The van der Waals surface area contributed by atoms with Gasteiger partial charge >= 0.3 is 0 Å². The van der Waals surface area contributed by atoms with Gasteiger partial charge in [0, 0.05) is 12.1 Å². The van der Waals surface area contributed by atoms with Crippen molar-refractivity contribution in [2.24, 2.45) is 10.7 Å². The normalized spacial score (nSPS) is 12.6. The Hall–Kier alpha value is -1.13. The van der Waals surface area contributed by atoms with Crippen LogP contribution in [0.2, 0.25) is 19.6 Å². The molecule has 0 saturated carbocycles. The van der Waals surface area contributed by atoms with Gasteiger partial charge in [-0.3, -0.25) is 4.99 Å². The average Bonchev–Trinajstić information content (AvgIpc) is 2.24. The minimum absolute atomic E-state index is 0.587. The summed E-state index contributed by atoms with van der Waals surface area (Å²) in [6.45, 7) is 8.03. The van der Waals surface area contributed by atoms with Gasteiger partial charge in [0.1, 0.15) is 14.1 Å². The highest BCUT2D eigenvalue weighted by Crippen LogP contribution is 2.03. The average molecular weight is 235 g/mol. The Bertz CT molecular complexity index is 341. The monoisotopic (exact) mass is 235 g/mol. The maximum Gasteiger partial charge on any atom is 0.145 e. The number of nitrogens with one attached hydrogen (secondary N) is 1. The largest absolute Gasteiger partial charge is 0.396 e. The molecule has 0 unspecified atom stereocenters. The number of amidine groups is 1. The first-order valence-corrected chi connectivity index (χ1v) is 9.11. The van der Waals surface area contributed by atoms with Crippen molar-refractivity contribution in [3.05, 3.63) is 35.9 Å². The van der Waals surface area contributed by atoms with Crippen LogP contribution in [0.4, 0.5) is 0 Å². The summed E-state index contributed by atoms with van der Waals surface area (Å²) in [4.78, 5) is 8.05. The fourth-order valence-electron chi connectivity index (χ4n) is 1.33. The molecule has 4 heteroatoms. The maximum atomic E-state index is 5.50. The Morgan fingerprint density at radius 3 is 2.38 bits per heavy atom. The molecule has 0 aliphatic heterocycles. The zero-order valence-corrected chi connectivity index (χ0v) is 11.3. The lowest BCUT2D eigenvalue weighted by Gasteiger charge is -2.21. The third-order valence-electron chi connectivity index (χ3n) is 1.94. The van der Waals surface area contributed by atoms with Gasteiger partial charge in [-0.15, -0.1) is 0 Å². The van der Waals surface area contributed by atoms with Gasteiger partial charge in [-0.25, -0.2) is 0 Å². The molecule has 0 amide bonds. The summed E-state index contributed by atoms with van der Waals surface area (Å²) in [6.07, 6.45) is 0. The van der Waals surface area contributed by atoms with Crippen LogP contribution in [0.25, 0.3) is 0 Å². The SMILES string of the molecule is C[Si](C)(C)NC(=NCCN)c1ccccc1. The van der Waals surface area contributed by atoms with Crippen molar-refractivity contribution in [2.75, 3.05) is 13.1 Å². The van der Waals surface area contributed by atoms with Gasteiger partial charge in [0.25, 0.3) is 0 Å². The molecule has 0 aromatic heterocycles. The molecule has 0 atom stereocenters. The summed E-state index contributed by atoms with van der Waals surface area (Å²) in [6, 6.07) is 10.2. The summed E-state index contributed by atoms with van der Waals surface area (Å²) in [5, 5.41) is 0. The molecule has 3 N–H and O–H groups in total. The van der Waals surface area contributed by atoms with Crippen LogP contribution in [0, 0.1) is 0 Å². The summed E-state index contributed by atoms with van der Waals surface area (Å²) >= 11 is 0. The third kappa shape index (κ3) is 4.59. The molecule has 0 spiro atoms. The highest BCUT2D eigenvalue weighted by molar-refractivity contribution is 6.76. The first-order chi connectivity index (χ1) is 7.53. The van der Waals surface area contributed by atoms with Crippen LogP contribution < -0.4 is 10.7 Å². The highest BCUT2D eigenvalue weighted by Gasteiger charge is 2.16. The quantitative estimate of drug-likeness (QED) is 0.475. The van der Waals surface area contributed by atoms with Crippen molar-refractivity contribution in [1.82, 2.24) is 4.98 Å². The number of nitrogens with two attached hydrogens (primary N) is 1. The van der Waals surface area contributed by atoms with Crippen LogP contribution in [-0.4, -0.2) is 27.2 Å². The van der Waals surface area contributed by atoms with Crippen molar-refractivity contribution >= 4 is 14.1 Å². The first-order valence-electron chi connectivity index (χ1n) is 5.61. The molecule has 0 heterocycles. The fraction of sp³-hybridized carbons (Fsp3) is 0.417. The van der Waals surface area contributed by atoms with Crippen LogP contribution in [0.5, 0.6) is 0 Å². The smallest absolute Gasteiger partial charge is 0.145 e. The Morgan fingerprint density at radius 2 is 1.88 bits per heavy atom. The fourth-order valence-corrected chi connectivity index (χ4v) is 2.26. The molecule has 0 aliphatic carbocycles. The Morgan fingerprint density at radius 1 is 1.25 bits per heavy atom. The topological polar surface area (TPSA) is 50.4 Å². The summed E-state index contributed by atoms with van der Waals surface area (Å²) in [5.41, 5.74) is 6.63. The molecular weight excluding hydrogens is 214 g/mol. The Balaban J connectivity index is 2.89. The van der Waals surface area contributed by atoms with Gasteiger partial charge < -0.3 is 10.7 Å². The van der Waals surface area contributed by atoms with E-state index in [2.05, 4.69) is 41.7 Å². The van der Waals surface area contributed by atoms with Gasteiger partial charge in [0.05, 0.1) is 6.54 Å². The second-order valence-corrected chi connectivity index (χ2v) is 9.51. The van der Waals surface area contributed by atoms with Crippen LogP contribution in [-0.2, 0) is 0 Å². The van der Waals surface area contributed by atoms with E-state index in [0.717, 1.165) is 11.4 Å². The zero-order chi connectivity index (χ0) is 12.0. The minimum atomic E-state index is -1.37. The molecule has 0 fully saturated rings. The number of aliphatic imine (C=N–C) groups is 1. The van der Waals surface area contributed by atoms with Gasteiger partial charge in [0.15, 0.2) is 0 Å². The Kier molecular flexibility index (Phi) is 4.70. The van der Waals surface area contributed by atoms with Gasteiger partial charge in [-0.2, -0.15) is 0 Å². The van der Waals surface area contributed by atoms with Crippen molar-refractivity contribution in [3.63, 3.8) is 0 Å². The maximum absolute atomic E-state index is 5.50. The van der Waals surface area contributed by atoms with Crippen LogP contribution in [0.3, 0.4) is 0 Å². The molecule has 0 saturated heterocycles. The number of nitrogens with zero attached hydrogens (tertiary/aromatic N) is 1. The Labute approximate surface area is 98.9 Å². The van der Waals surface area contributed by atoms with E-state index in [-0.39, 0.29) is 0 Å². The molecule has 16 heavy (non-hydrogen) atoms. The summed E-state index contributed by atoms with van der Waals surface area (Å²) < 4.78 is 0. The molecule has 1 aromatic rings. The lowest BCUT2D eigenvalue weighted by Crippen LogP contribution is -2.46. The van der Waals surface area contributed by atoms with Crippen LogP contribution >= 0.6 is 0 Å². The predicted octanol–water partition coefficient (Wildman–Crippen LogP) is 1.82. The van der Waals surface area contributed by atoms with Crippen molar-refractivity contribution < 1.29 is 0 Å². The number of rotatable bonds is 4. The van der Waals surface area contributed by atoms with Gasteiger partial charge in [-0.1, -0.05) is 50.0 Å².